The average Bonchev–Trinajstić information content (AvgIpc) is 2.56. The van der Waals surface area contributed by atoms with Crippen molar-refractivity contribution in [3.63, 3.8) is 0 Å². The summed E-state index contributed by atoms with van der Waals surface area (Å²) < 4.78 is 5.15. The molecule has 0 aromatic heterocycles. The van der Waals surface area contributed by atoms with Crippen LogP contribution in [0.3, 0.4) is 0 Å². The van der Waals surface area contributed by atoms with Gasteiger partial charge in [-0.15, -0.1) is 0 Å². The van der Waals surface area contributed by atoms with Gasteiger partial charge in [0.15, 0.2) is 11.5 Å². The van der Waals surface area contributed by atoms with Crippen LogP contribution in [0.1, 0.15) is 73.1 Å². The van der Waals surface area contributed by atoms with Crippen molar-refractivity contribution in [3.8, 4) is 0 Å². The molecule has 0 amide bonds. The zero-order valence-corrected chi connectivity index (χ0v) is 17.0. The first-order chi connectivity index (χ1) is 11.8. The van der Waals surface area contributed by atoms with Crippen molar-refractivity contribution < 1.29 is 9.53 Å². The Morgan fingerprint density at radius 1 is 1.08 bits per heavy atom. The van der Waals surface area contributed by atoms with Gasteiger partial charge in [0.2, 0.25) is 0 Å². The van der Waals surface area contributed by atoms with Crippen molar-refractivity contribution >= 4 is 5.78 Å². The van der Waals surface area contributed by atoms with E-state index in [2.05, 4.69) is 45.9 Å². The Labute approximate surface area is 154 Å². The highest BCUT2D eigenvalue weighted by molar-refractivity contribution is 5.96. The van der Waals surface area contributed by atoms with Gasteiger partial charge in [-0.1, -0.05) is 41.9 Å². The molecule has 0 radical (unpaired) electrons. The van der Waals surface area contributed by atoms with Crippen LogP contribution in [0, 0.1) is 11.8 Å². The van der Waals surface area contributed by atoms with E-state index in [4.69, 9.17) is 4.74 Å². The highest BCUT2D eigenvalue weighted by Crippen LogP contribution is 2.30. The van der Waals surface area contributed by atoms with E-state index in [1.54, 1.807) is 7.11 Å². The monoisotopic (exact) mass is 344 g/mol. The molecule has 2 atom stereocenters. The highest BCUT2D eigenvalue weighted by atomic mass is 16.5. The first kappa shape index (κ1) is 21.5. The molecule has 2 nitrogen and oxygen atoms in total. The minimum absolute atomic E-state index is 0.0567. The van der Waals surface area contributed by atoms with E-state index in [-0.39, 0.29) is 11.7 Å². The van der Waals surface area contributed by atoms with Crippen molar-refractivity contribution in [2.24, 2.45) is 11.8 Å². The maximum Gasteiger partial charge on any atom is 0.200 e. The largest absolute Gasteiger partial charge is 0.493 e. The molecule has 0 N–H and O–H groups in total. The average molecular weight is 345 g/mol. The van der Waals surface area contributed by atoms with E-state index in [1.165, 1.54) is 16.7 Å². The number of carbonyl (C=O) groups excluding carboxylic acids is 1. The maximum atomic E-state index is 12.2. The lowest BCUT2D eigenvalue weighted by molar-refractivity contribution is -0.124. The van der Waals surface area contributed by atoms with E-state index in [0.717, 1.165) is 38.5 Å². The predicted octanol–water partition coefficient (Wildman–Crippen LogP) is 6.55. The van der Waals surface area contributed by atoms with Crippen LogP contribution >= 0.6 is 0 Å². The van der Waals surface area contributed by atoms with Gasteiger partial charge in [0.1, 0.15) is 0 Å². The summed E-state index contributed by atoms with van der Waals surface area (Å²) >= 11 is 0. The molecule has 0 saturated heterocycles. The molecule has 25 heavy (non-hydrogen) atoms. The number of hydrogen-bond donors (Lipinski definition) is 0. The van der Waals surface area contributed by atoms with Crippen molar-refractivity contribution in [2.75, 3.05) is 7.11 Å². The number of ketones is 1. The molecule has 2 heteroatoms. The van der Waals surface area contributed by atoms with Gasteiger partial charge in [0, 0.05) is 5.92 Å². The standard InChI is InChI=1S/C23H36O2/c1-17(2)9-7-10-18(3)11-8-12-19(4)13-14-21-15-16-22(25-6)23(24)20(21)5/h9,11,13,16,20-21H,7-8,10,12,14-15H2,1-6H3/b18-11+,19-13+. The van der Waals surface area contributed by atoms with E-state index < -0.39 is 0 Å². The molecule has 0 heterocycles. The Bertz CT molecular complexity index is 557. The molecule has 1 rings (SSSR count). The van der Waals surface area contributed by atoms with Crippen molar-refractivity contribution in [1.82, 2.24) is 0 Å². The van der Waals surface area contributed by atoms with E-state index >= 15 is 0 Å². The fourth-order valence-electron chi connectivity index (χ4n) is 3.18. The lowest BCUT2D eigenvalue weighted by Crippen LogP contribution is -2.26. The van der Waals surface area contributed by atoms with Gasteiger partial charge in [-0.2, -0.15) is 0 Å². The Balaban J connectivity index is 2.40. The number of carbonyl (C=O) groups is 1. The van der Waals surface area contributed by atoms with Crippen molar-refractivity contribution in [2.45, 2.75) is 73.1 Å². The first-order valence-corrected chi connectivity index (χ1v) is 9.58. The Kier molecular flexibility index (Phi) is 9.55. The quantitative estimate of drug-likeness (QED) is 0.443. The maximum absolute atomic E-state index is 12.2. The predicted molar refractivity (Wildman–Crippen MR) is 107 cm³/mol. The topological polar surface area (TPSA) is 26.3 Å². The molecule has 0 bridgehead atoms. The molecule has 1 aliphatic rings. The Hall–Kier alpha value is -1.57. The summed E-state index contributed by atoms with van der Waals surface area (Å²) in [6.07, 6.45) is 15.4. The zero-order valence-electron chi connectivity index (χ0n) is 17.0. The smallest absolute Gasteiger partial charge is 0.200 e. The molecule has 140 valence electrons. The van der Waals surface area contributed by atoms with Gasteiger partial charge >= 0.3 is 0 Å². The van der Waals surface area contributed by atoms with Gasteiger partial charge in [-0.3, -0.25) is 4.79 Å². The molecule has 0 aliphatic heterocycles. The summed E-state index contributed by atoms with van der Waals surface area (Å²) in [6.45, 7) is 10.8. The van der Waals surface area contributed by atoms with Gasteiger partial charge in [0.05, 0.1) is 7.11 Å². The molecular formula is C23H36O2. The third-order valence-electron chi connectivity index (χ3n) is 5.08. The van der Waals surface area contributed by atoms with E-state index in [0.29, 0.717) is 11.7 Å². The molecule has 1 aliphatic carbocycles. The fourth-order valence-corrected chi connectivity index (χ4v) is 3.18. The second kappa shape index (κ2) is 11.1. The van der Waals surface area contributed by atoms with Crippen LogP contribution in [0.25, 0.3) is 0 Å². The fraction of sp³-hybridized carbons (Fsp3) is 0.609. The Morgan fingerprint density at radius 2 is 1.68 bits per heavy atom. The van der Waals surface area contributed by atoms with Crippen molar-refractivity contribution in [3.05, 3.63) is 46.8 Å². The van der Waals surface area contributed by atoms with Crippen LogP contribution in [0.15, 0.2) is 46.8 Å². The van der Waals surface area contributed by atoms with Crippen LogP contribution in [-0.4, -0.2) is 12.9 Å². The minimum atomic E-state index is 0.0567. The second-order valence-electron chi connectivity index (χ2n) is 7.62. The van der Waals surface area contributed by atoms with Crippen LogP contribution in [-0.2, 0) is 9.53 Å². The van der Waals surface area contributed by atoms with Crippen LogP contribution in [0.5, 0.6) is 0 Å². The molecule has 2 unspecified atom stereocenters. The number of allylic oxidation sites excluding steroid dienone is 8. The normalized spacial score (nSPS) is 21.8. The van der Waals surface area contributed by atoms with Gasteiger partial charge in [-0.25, -0.2) is 0 Å². The summed E-state index contributed by atoms with van der Waals surface area (Å²) in [5.41, 5.74) is 4.30. The summed E-state index contributed by atoms with van der Waals surface area (Å²) in [5, 5.41) is 0. The molecule has 0 aromatic carbocycles. The zero-order chi connectivity index (χ0) is 18.8. The summed E-state index contributed by atoms with van der Waals surface area (Å²) in [7, 11) is 1.58. The van der Waals surface area contributed by atoms with Gasteiger partial charge in [0.25, 0.3) is 0 Å². The summed E-state index contributed by atoms with van der Waals surface area (Å²) in [6, 6.07) is 0. The number of ether oxygens (including phenoxy) is 1. The molecular weight excluding hydrogens is 308 g/mol. The molecule has 0 fully saturated rings. The lowest BCUT2D eigenvalue weighted by Gasteiger charge is -2.26. The van der Waals surface area contributed by atoms with E-state index in [9.17, 15) is 4.79 Å². The number of rotatable bonds is 9. The lowest BCUT2D eigenvalue weighted by atomic mass is 9.80. The third-order valence-corrected chi connectivity index (χ3v) is 5.08. The highest BCUT2D eigenvalue weighted by Gasteiger charge is 2.29. The first-order valence-electron chi connectivity index (χ1n) is 9.58. The van der Waals surface area contributed by atoms with Crippen LogP contribution in [0.2, 0.25) is 0 Å². The molecule has 0 saturated carbocycles. The van der Waals surface area contributed by atoms with Gasteiger partial charge < -0.3 is 4.74 Å². The second-order valence-corrected chi connectivity index (χ2v) is 7.62. The number of Topliss-reactive ketones (excluding diaryl/α,β-unsaturated/α-hetero) is 1. The summed E-state index contributed by atoms with van der Waals surface area (Å²) in [5.74, 6) is 1.15. The van der Waals surface area contributed by atoms with Crippen LogP contribution < -0.4 is 0 Å². The molecule has 0 aromatic rings. The molecule has 0 spiro atoms. The minimum Gasteiger partial charge on any atom is -0.493 e. The number of methoxy groups -OCH3 is 1. The third kappa shape index (κ3) is 7.90. The SMILES string of the molecule is COC1=CCC(C/C=C(\C)CC/C=C(\C)CCC=C(C)C)C(C)C1=O. The van der Waals surface area contributed by atoms with Crippen LogP contribution in [0.4, 0.5) is 0 Å². The van der Waals surface area contributed by atoms with E-state index in [1.807, 2.05) is 13.0 Å². The Morgan fingerprint density at radius 3 is 2.28 bits per heavy atom. The number of hydrogen-bond acceptors (Lipinski definition) is 2. The van der Waals surface area contributed by atoms with Gasteiger partial charge in [-0.05, 0) is 78.2 Å². The van der Waals surface area contributed by atoms with Crippen molar-refractivity contribution in [1.29, 1.82) is 0 Å². The summed E-state index contributed by atoms with van der Waals surface area (Å²) in [4.78, 5) is 12.2.